The van der Waals surface area contributed by atoms with Gasteiger partial charge in [-0.15, -0.1) is 0 Å². The van der Waals surface area contributed by atoms with Gasteiger partial charge in [0.25, 0.3) is 0 Å². The smallest absolute Gasteiger partial charge is 0.333 e. The summed E-state index contributed by atoms with van der Waals surface area (Å²) >= 11 is 0. The van der Waals surface area contributed by atoms with Crippen LogP contribution in [-0.4, -0.2) is 24.2 Å². The molecule has 0 fully saturated rings. The minimum atomic E-state index is -0.875. The van der Waals surface area contributed by atoms with Gasteiger partial charge in [0.2, 0.25) is 0 Å². The quantitative estimate of drug-likeness (QED) is 0.770. The molecule has 1 aromatic carbocycles. The van der Waals surface area contributed by atoms with Crippen LogP contribution in [0.1, 0.15) is 50.2 Å². The summed E-state index contributed by atoms with van der Waals surface area (Å²) in [7, 11) is 1.33. The average molecular weight is 330 g/mol. The van der Waals surface area contributed by atoms with Crippen molar-refractivity contribution in [1.82, 2.24) is 0 Å². The molecule has 1 aliphatic rings. The van der Waals surface area contributed by atoms with Crippen molar-refractivity contribution < 1.29 is 19.4 Å². The first-order valence-electron chi connectivity index (χ1n) is 8.59. The molecule has 4 nitrogen and oxygen atoms in total. The van der Waals surface area contributed by atoms with Crippen molar-refractivity contribution in [3.05, 3.63) is 47.0 Å². The van der Waals surface area contributed by atoms with E-state index in [0.717, 1.165) is 18.4 Å². The summed E-state index contributed by atoms with van der Waals surface area (Å²) in [4.78, 5) is 23.7. The van der Waals surface area contributed by atoms with Crippen LogP contribution >= 0.6 is 0 Å². The lowest BCUT2D eigenvalue weighted by atomic mass is 9.70. The van der Waals surface area contributed by atoms with E-state index < -0.39 is 17.4 Å². The summed E-state index contributed by atoms with van der Waals surface area (Å²) in [6.07, 6.45) is 6.64. The van der Waals surface area contributed by atoms with Gasteiger partial charge in [-0.1, -0.05) is 43.7 Å². The molecule has 0 aliphatic heterocycles. The van der Waals surface area contributed by atoms with Gasteiger partial charge in [0.05, 0.1) is 12.5 Å². The molecule has 1 atom stereocenters. The van der Waals surface area contributed by atoms with E-state index >= 15 is 0 Å². The van der Waals surface area contributed by atoms with Crippen LogP contribution in [-0.2, 0) is 27.2 Å². The number of carbonyl (C=O) groups is 2. The number of hydrogen-bond donors (Lipinski definition) is 1. The Kier molecular flexibility index (Phi) is 6.18. The van der Waals surface area contributed by atoms with Crippen LogP contribution in [0.3, 0.4) is 0 Å². The van der Waals surface area contributed by atoms with Crippen molar-refractivity contribution in [2.24, 2.45) is 5.41 Å². The highest BCUT2D eigenvalue weighted by molar-refractivity contribution is 5.90. The Morgan fingerprint density at radius 3 is 2.33 bits per heavy atom. The van der Waals surface area contributed by atoms with Gasteiger partial charge in [-0.05, 0) is 49.7 Å². The van der Waals surface area contributed by atoms with Crippen molar-refractivity contribution in [2.75, 3.05) is 7.11 Å². The maximum atomic E-state index is 11.9. The fraction of sp³-hybridized carbons (Fsp3) is 0.500. The van der Waals surface area contributed by atoms with Crippen LogP contribution in [0.2, 0.25) is 0 Å². The number of carbonyl (C=O) groups excluding carboxylic acids is 1. The van der Waals surface area contributed by atoms with Crippen molar-refractivity contribution in [1.29, 1.82) is 0 Å². The highest BCUT2D eigenvalue weighted by Crippen LogP contribution is 2.41. The molecule has 130 valence electrons. The SMILES string of the molecule is CCCc1ccc(CCC2(C(=O)O)CCC=C(C(=O)OC)C2)cc1. The van der Waals surface area contributed by atoms with Gasteiger partial charge < -0.3 is 9.84 Å². The number of allylic oxidation sites excluding steroid dienone is 1. The maximum Gasteiger partial charge on any atom is 0.333 e. The molecule has 2 rings (SSSR count). The lowest BCUT2D eigenvalue weighted by Gasteiger charge is -2.32. The predicted octanol–water partition coefficient (Wildman–Crippen LogP) is 3.93. The van der Waals surface area contributed by atoms with Gasteiger partial charge >= 0.3 is 11.9 Å². The summed E-state index contributed by atoms with van der Waals surface area (Å²) in [5.41, 5.74) is 2.07. The number of methoxy groups -OCH3 is 1. The molecule has 0 spiro atoms. The van der Waals surface area contributed by atoms with Crippen LogP contribution in [0.15, 0.2) is 35.9 Å². The van der Waals surface area contributed by atoms with Crippen LogP contribution in [0.25, 0.3) is 0 Å². The van der Waals surface area contributed by atoms with Gasteiger partial charge in [-0.25, -0.2) is 4.79 Å². The lowest BCUT2D eigenvalue weighted by Crippen LogP contribution is -2.35. The van der Waals surface area contributed by atoms with E-state index in [-0.39, 0.29) is 6.42 Å². The lowest BCUT2D eigenvalue weighted by molar-refractivity contribution is -0.150. The molecule has 0 heterocycles. The Morgan fingerprint density at radius 1 is 1.17 bits per heavy atom. The van der Waals surface area contributed by atoms with Crippen molar-refractivity contribution in [2.45, 2.75) is 51.9 Å². The van der Waals surface area contributed by atoms with Crippen LogP contribution in [0, 0.1) is 5.41 Å². The van der Waals surface area contributed by atoms with Gasteiger partial charge in [-0.2, -0.15) is 0 Å². The second-order valence-corrected chi connectivity index (χ2v) is 6.59. The third-order valence-electron chi connectivity index (χ3n) is 4.90. The van der Waals surface area contributed by atoms with Gasteiger partial charge in [0.1, 0.15) is 0 Å². The van der Waals surface area contributed by atoms with Gasteiger partial charge in [0, 0.05) is 5.57 Å². The monoisotopic (exact) mass is 330 g/mol. The van der Waals surface area contributed by atoms with E-state index in [1.165, 1.54) is 12.7 Å². The van der Waals surface area contributed by atoms with Crippen LogP contribution in [0.4, 0.5) is 0 Å². The number of carboxylic acid groups (broad SMARTS) is 1. The Labute approximate surface area is 143 Å². The highest BCUT2D eigenvalue weighted by Gasteiger charge is 2.41. The zero-order valence-electron chi connectivity index (χ0n) is 14.5. The number of aliphatic carboxylic acids is 1. The summed E-state index contributed by atoms with van der Waals surface area (Å²) in [5.74, 6) is -1.23. The topological polar surface area (TPSA) is 63.6 Å². The normalized spacial score (nSPS) is 20.3. The van der Waals surface area contributed by atoms with Gasteiger partial charge in [-0.3, -0.25) is 4.79 Å². The number of ether oxygens (including phenoxy) is 1. The molecule has 1 unspecified atom stereocenters. The predicted molar refractivity (Wildman–Crippen MR) is 92.8 cm³/mol. The van der Waals surface area contributed by atoms with E-state index in [4.69, 9.17) is 4.74 Å². The first kappa shape index (κ1) is 18.2. The third-order valence-corrected chi connectivity index (χ3v) is 4.90. The zero-order valence-corrected chi connectivity index (χ0v) is 14.5. The van der Waals surface area contributed by atoms with Crippen molar-refractivity contribution in [3.8, 4) is 0 Å². The van der Waals surface area contributed by atoms with E-state index in [9.17, 15) is 14.7 Å². The van der Waals surface area contributed by atoms with Crippen LogP contribution < -0.4 is 0 Å². The van der Waals surface area contributed by atoms with E-state index in [1.807, 2.05) is 6.08 Å². The molecule has 0 saturated heterocycles. The zero-order chi connectivity index (χ0) is 17.6. The fourth-order valence-electron chi connectivity index (χ4n) is 3.38. The minimum absolute atomic E-state index is 0.253. The molecule has 1 N–H and O–H groups in total. The molecule has 24 heavy (non-hydrogen) atoms. The van der Waals surface area contributed by atoms with Crippen molar-refractivity contribution >= 4 is 11.9 Å². The van der Waals surface area contributed by atoms with Crippen LogP contribution in [0.5, 0.6) is 0 Å². The summed E-state index contributed by atoms with van der Waals surface area (Å²) in [6, 6.07) is 8.40. The van der Waals surface area contributed by atoms with E-state index in [0.29, 0.717) is 31.3 Å². The molecular formula is C20H26O4. The Hall–Kier alpha value is -2.10. The molecule has 0 saturated carbocycles. The average Bonchev–Trinajstić information content (AvgIpc) is 2.60. The maximum absolute atomic E-state index is 11.9. The highest BCUT2D eigenvalue weighted by atomic mass is 16.5. The molecule has 0 amide bonds. The van der Waals surface area contributed by atoms with Crippen molar-refractivity contribution in [3.63, 3.8) is 0 Å². The first-order valence-corrected chi connectivity index (χ1v) is 8.59. The first-order chi connectivity index (χ1) is 11.5. The molecule has 0 aromatic heterocycles. The molecule has 1 aromatic rings. The molecule has 0 bridgehead atoms. The number of aryl methyl sites for hydroxylation is 2. The summed E-state index contributed by atoms with van der Waals surface area (Å²) in [5, 5.41) is 9.77. The molecule has 0 radical (unpaired) electrons. The summed E-state index contributed by atoms with van der Waals surface area (Å²) < 4.78 is 4.76. The number of esters is 1. The van der Waals surface area contributed by atoms with E-state index in [1.54, 1.807) is 0 Å². The molecule has 1 aliphatic carbocycles. The standard InChI is InChI=1S/C20H26O4/c1-3-5-15-7-9-16(10-8-15)11-13-20(19(22)23)12-4-6-17(14-20)18(21)24-2/h6-10H,3-5,11-14H2,1-2H3,(H,22,23). The fourth-order valence-corrected chi connectivity index (χ4v) is 3.38. The molecular weight excluding hydrogens is 304 g/mol. The third kappa shape index (κ3) is 4.25. The number of benzene rings is 1. The Bertz CT molecular complexity index is 615. The Balaban J connectivity index is 2.07. The number of rotatable bonds is 7. The molecule has 4 heteroatoms. The summed E-state index contributed by atoms with van der Waals surface area (Å²) in [6.45, 7) is 2.15. The second-order valence-electron chi connectivity index (χ2n) is 6.59. The largest absolute Gasteiger partial charge is 0.481 e. The van der Waals surface area contributed by atoms with Gasteiger partial charge in [0.15, 0.2) is 0 Å². The van der Waals surface area contributed by atoms with E-state index in [2.05, 4.69) is 31.2 Å². The number of carboxylic acids is 1. The minimum Gasteiger partial charge on any atom is -0.481 e. The Morgan fingerprint density at radius 2 is 1.79 bits per heavy atom. The number of hydrogen-bond acceptors (Lipinski definition) is 3. The second kappa shape index (κ2) is 8.13.